The second kappa shape index (κ2) is 7.92. The number of rotatable bonds is 7. The zero-order valence-electron chi connectivity index (χ0n) is 14.4. The van der Waals surface area contributed by atoms with Crippen molar-refractivity contribution in [2.24, 2.45) is 0 Å². The Balaban J connectivity index is 2.00. The number of amides is 1. The fourth-order valence-corrected chi connectivity index (χ4v) is 2.55. The van der Waals surface area contributed by atoms with Crippen LogP contribution in [-0.4, -0.2) is 29.6 Å². The number of ether oxygens (including phenoxy) is 1. The zero-order chi connectivity index (χ0) is 17.7. The Morgan fingerprint density at radius 2 is 2.12 bits per heavy atom. The molecule has 0 saturated carbocycles. The molecule has 130 valence electrons. The van der Waals surface area contributed by atoms with Gasteiger partial charge in [0.1, 0.15) is 23.4 Å². The van der Waals surface area contributed by atoms with Crippen LogP contribution in [0.15, 0.2) is 21.3 Å². The van der Waals surface area contributed by atoms with Crippen LogP contribution in [0.4, 0.5) is 0 Å². The topological polar surface area (TPSA) is 97.2 Å². The van der Waals surface area contributed by atoms with E-state index < -0.39 is 0 Å². The largest absolute Gasteiger partial charge is 0.464 e. The molecule has 7 nitrogen and oxygen atoms in total. The highest BCUT2D eigenvalue weighted by atomic mass is 16.5. The monoisotopic (exact) mass is 333 g/mol. The lowest BCUT2D eigenvalue weighted by atomic mass is 10.1. The summed E-state index contributed by atoms with van der Waals surface area (Å²) in [6.07, 6.45) is 0.520. The van der Waals surface area contributed by atoms with Crippen LogP contribution in [0.1, 0.15) is 41.1 Å². The average molecular weight is 333 g/mol. The molecule has 0 fully saturated rings. The lowest BCUT2D eigenvalue weighted by Gasteiger charge is -2.16. The molecule has 1 amide bonds. The Kier molecular flexibility index (Phi) is 5.92. The molecule has 0 aliphatic carbocycles. The number of carbonyl (C=O) groups excluding carboxylic acids is 1. The molecule has 0 spiro atoms. The number of aromatic amines is 1. The molecule has 0 radical (unpaired) electrons. The van der Waals surface area contributed by atoms with E-state index in [0.717, 1.165) is 5.76 Å². The summed E-state index contributed by atoms with van der Waals surface area (Å²) >= 11 is 0. The van der Waals surface area contributed by atoms with E-state index in [1.807, 2.05) is 19.1 Å². The van der Waals surface area contributed by atoms with E-state index in [-0.39, 0.29) is 23.9 Å². The Labute approximate surface area is 140 Å². The molecule has 0 aliphatic rings. The van der Waals surface area contributed by atoms with Crippen LogP contribution in [0.25, 0.3) is 0 Å². The van der Waals surface area contributed by atoms with Crippen LogP contribution in [0, 0.1) is 20.8 Å². The molecule has 2 aromatic rings. The summed E-state index contributed by atoms with van der Waals surface area (Å²) in [5, 5.41) is 2.88. The number of nitrogens with one attached hydrogen (secondary N) is 2. The molecule has 0 aliphatic heterocycles. The number of furan rings is 1. The molecule has 2 N–H and O–H groups in total. The van der Waals surface area contributed by atoms with Crippen molar-refractivity contribution in [1.29, 1.82) is 0 Å². The van der Waals surface area contributed by atoms with Crippen LogP contribution in [-0.2, 0) is 16.0 Å². The molecule has 2 aromatic heterocycles. The van der Waals surface area contributed by atoms with Crippen molar-refractivity contribution < 1.29 is 13.9 Å². The van der Waals surface area contributed by atoms with Gasteiger partial charge in [0.15, 0.2) is 0 Å². The third-order valence-corrected chi connectivity index (χ3v) is 3.72. The van der Waals surface area contributed by atoms with Gasteiger partial charge in [0.25, 0.3) is 5.56 Å². The Morgan fingerprint density at radius 3 is 2.71 bits per heavy atom. The van der Waals surface area contributed by atoms with Gasteiger partial charge in [-0.05, 0) is 39.3 Å². The minimum absolute atomic E-state index is 0.175. The molecule has 1 unspecified atom stereocenters. The molecular weight excluding hydrogens is 310 g/mol. The fourth-order valence-electron chi connectivity index (χ4n) is 2.55. The number of aromatic nitrogens is 2. The van der Waals surface area contributed by atoms with Crippen molar-refractivity contribution in [3.05, 3.63) is 51.1 Å². The number of hydrogen-bond donors (Lipinski definition) is 2. The van der Waals surface area contributed by atoms with Gasteiger partial charge in [-0.1, -0.05) is 0 Å². The maximum absolute atomic E-state index is 12.2. The van der Waals surface area contributed by atoms with Gasteiger partial charge >= 0.3 is 0 Å². The van der Waals surface area contributed by atoms with Gasteiger partial charge in [-0.25, -0.2) is 4.98 Å². The zero-order valence-corrected chi connectivity index (χ0v) is 14.4. The smallest absolute Gasteiger partial charge is 0.254 e. The number of aryl methyl sites for hydroxylation is 3. The summed E-state index contributed by atoms with van der Waals surface area (Å²) in [5.74, 6) is 1.81. The van der Waals surface area contributed by atoms with Crippen molar-refractivity contribution >= 4 is 5.91 Å². The van der Waals surface area contributed by atoms with E-state index in [9.17, 15) is 9.59 Å². The minimum atomic E-state index is -0.355. The molecule has 24 heavy (non-hydrogen) atoms. The van der Waals surface area contributed by atoms with Gasteiger partial charge in [0.2, 0.25) is 5.91 Å². The summed E-state index contributed by atoms with van der Waals surface area (Å²) in [6, 6.07) is 3.30. The predicted octanol–water partition coefficient (Wildman–Crippen LogP) is 1.72. The first-order chi connectivity index (χ1) is 11.4. The molecular formula is C17H23N3O4. The first kappa shape index (κ1) is 17.9. The second-order valence-corrected chi connectivity index (χ2v) is 5.74. The second-order valence-electron chi connectivity index (χ2n) is 5.74. The highest BCUT2D eigenvalue weighted by molar-refractivity contribution is 5.76. The normalized spacial score (nSPS) is 12.2. The maximum Gasteiger partial charge on any atom is 0.254 e. The molecule has 2 rings (SSSR count). The highest BCUT2D eigenvalue weighted by Crippen LogP contribution is 2.17. The van der Waals surface area contributed by atoms with Crippen molar-refractivity contribution in [3.63, 3.8) is 0 Å². The standard InChI is InChI=1S/C17H23N3O4/c1-10-5-7-15(24-10)14(9-23-4)20-16(21)8-6-13-11(2)18-12(3)19-17(13)22/h5,7,14H,6,8-9H2,1-4H3,(H,20,21)(H,18,19,22). The number of nitrogens with zero attached hydrogens (tertiary/aromatic N) is 1. The summed E-state index contributed by atoms with van der Waals surface area (Å²) in [6.45, 7) is 5.65. The Morgan fingerprint density at radius 1 is 1.38 bits per heavy atom. The third-order valence-electron chi connectivity index (χ3n) is 3.72. The third kappa shape index (κ3) is 4.55. The molecule has 7 heteroatoms. The predicted molar refractivity (Wildman–Crippen MR) is 88.9 cm³/mol. The maximum atomic E-state index is 12.2. The van der Waals surface area contributed by atoms with Crippen LogP contribution < -0.4 is 10.9 Å². The van der Waals surface area contributed by atoms with E-state index >= 15 is 0 Å². The number of carbonyl (C=O) groups is 1. The van der Waals surface area contributed by atoms with Gasteiger partial charge in [-0.15, -0.1) is 0 Å². The SMILES string of the molecule is COCC(NC(=O)CCc1c(C)nc(C)[nH]c1=O)c1ccc(C)o1. The Hall–Kier alpha value is -2.41. The molecule has 1 atom stereocenters. The van der Waals surface area contributed by atoms with Crippen molar-refractivity contribution in [1.82, 2.24) is 15.3 Å². The highest BCUT2D eigenvalue weighted by Gasteiger charge is 2.18. The first-order valence-corrected chi connectivity index (χ1v) is 7.81. The van der Waals surface area contributed by atoms with E-state index in [4.69, 9.17) is 9.15 Å². The first-order valence-electron chi connectivity index (χ1n) is 7.81. The molecule has 0 bridgehead atoms. The molecule has 0 saturated heterocycles. The Bertz CT molecular complexity index is 763. The van der Waals surface area contributed by atoms with Crippen LogP contribution >= 0.6 is 0 Å². The van der Waals surface area contributed by atoms with E-state index in [1.54, 1.807) is 21.0 Å². The van der Waals surface area contributed by atoms with Gasteiger partial charge in [-0.3, -0.25) is 9.59 Å². The molecule has 2 heterocycles. The van der Waals surface area contributed by atoms with Crippen molar-refractivity contribution in [2.45, 2.75) is 39.7 Å². The minimum Gasteiger partial charge on any atom is -0.464 e. The van der Waals surface area contributed by atoms with Gasteiger partial charge < -0.3 is 19.5 Å². The van der Waals surface area contributed by atoms with E-state index in [1.165, 1.54) is 0 Å². The quantitative estimate of drug-likeness (QED) is 0.804. The van der Waals surface area contributed by atoms with Gasteiger partial charge in [0, 0.05) is 24.8 Å². The average Bonchev–Trinajstić information content (AvgIpc) is 2.92. The van der Waals surface area contributed by atoms with Crippen LogP contribution in [0.2, 0.25) is 0 Å². The number of methoxy groups -OCH3 is 1. The number of H-pyrrole nitrogens is 1. The number of hydrogen-bond acceptors (Lipinski definition) is 5. The fraction of sp³-hybridized carbons (Fsp3) is 0.471. The van der Waals surface area contributed by atoms with Gasteiger partial charge in [-0.2, -0.15) is 0 Å². The van der Waals surface area contributed by atoms with Gasteiger partial charge in [0.05, 0.1) is 6.61 Å². The molecule has 0 aromatic carbocycles. The van der Waals surface area contributed by atoms with Crippen molar-refractivity contribution in [2.75, 3.05) is 13.7 Å². The van der Waals surface area contributed by atoms with E-state index in [0.29, 0.717) is 35.9 Å². The lowest BCUT2D eigenvalue weighted by Crippen LogP contribution is -2.31. The summed E-state index contributed by atoms with van der Waals surface area (Å²) in [7, 11) is 1.57. The van der Waals surface area contributed by atoms with Crippen LogP contribution in [0.3, 0.4) is 0 Å². The summed E-state index contributed by atoms with van der Waals surface area (Å²) in [5.41, 5.74) is 0.995. The van der Waals surface area contributed by atoms with E-state index in [2.05, 4.69) is 15.3 Å². The summed E-state index contributed by atoms with van der Waals surface area (Å²) < 4.78 is 10.7. The summed E-state index contributed by atoms with van der Waals surface area (Å²) in [4.78, 5) is 31.1. The lowest BCUT2D eigenvalue weighted by molar-refractivity contribution is -0.122. The van der Waals surface area contributed by atoms with Crippen LogP contribution in [0.5, 0.6) is 0 Å². The van der Waals surface area contributed by atoms with Crippen molar-refractivity contribution in [3.8, 4) is 0 Å².